The third kappa shape index (κ3) is 2.21. The Morgan fingerprint density at radius 3 is 2.93 bits per heavy atom. The molecule has 0 bridgehead atoms. The average Bonchev–Trinajstić information content (AvgIpc) is 2.18. The Bertz CT molecular complexity index is 360. The van der Waals surface area contributed by atoms with Crippen LogP contribution in [0.25, 0.3) is 0 Å². The Balaban J connectivity index is 2.98. The van der Waals surface area contributed by atoms with Crippen LogP contribution in [0.2, 0.25) is 0 Å². The molecule has 0 amide bonds. The van der Waals surface area contributed by atoms with Gasteiger partial charge in [0, 0.05) is 6.04 Å². The van der Waals surface area contributed by atoms with Crippen LogP contribution in [-0.2, 0) is 0 Å². The summed E-state index contributed by atoms with van der Waals surface area (Å²) in [7, 11) is 0. The molecule has 0 aliphatic heterocycles. The molecular weight excluding hydrogens is 183 g/mol. The number of benzene rings is 1. The standard InChI is InChI=1S/C10H11FN2O/c1-7(6-14)13-10-4-2-3-9(11)8(10)5-12/h2-4,7,13-14H,6H2,1H3. The fraction of sp³-hybridized carbons (Fsp3) is 0.300. The van der Waals surface area contributed by atoms with Crippen LogP contribution in [0.15, 0.2) is 18.2 Å². The molecule has 0 fully saturated rings. The smallest absolute Gasteiger partial charge is 0.143 e. The highest BCUT2D eigenvalue weighted by molar-refractivity contribution is 5.58. The first-order valence-electron chi connectivity index (χ1n) is 4.25. The van der Waals surface area contributed by atoms with E-state index < -0.39 is 5.82 Å². The zero-order chi connectivity index (χ0) is 10.6. The van der Waals surface area contributed by atoms with Crippen molar-refractivity contribution in [3.63, 3.8) is 0 Å². The maximum absolute atomic E-state index is 13.1. The van der Waals surface area contributed by atoms with Gasteiger partial charge in [-0.1, -0.05) is 6.07 Å². The molecule has 0 saturated carbocycles. The van der Waals surface area contributed by atoms with E-state index in [0.29, 0.717) is 5.69 Å². The van der Waals surface area contributed by atoms with Crippen molar-refractivity contribution in [3.05, 3.63) is 29.6 Å². The first-order valence-corrected chi connectivity index (χ1v) is 4.25. The number of hydrogen-bond donors (Lipinski definition) is 2. The van der Waals surface area contributed by atoms with Gasteiger partial charge in [-0.25, -0.2) is 4.39 Å². The van der Waals surface area contributed by atoms with Gasteiger partial charge in [0.15, 0.2) is 0 Å². The Labute approximate surface area is 81.8 Å². The predicted molar refractivity (Wildman–Crippen MR) is 51.3 cm³/mol. The molecule has 0 spiro atoms. The minimum absolute atomic E-state index is 0.0206. The number of halogens is 1. The molecule has 1 rings (SSSR count). The van der Waals surface area contributed by atoms with E-state index in [0.717, 1.165) is 0 Å². The molecule has 1 unspecified atom stereocenters. The van der Waals surface area contributed by atoms with E-state index in [1.54, 1.807) is 19.1 Å². The highest BCUT2D eigenvalue weighted by Crippen LogP contribution is 2.18. The van der Waals surface area contributed by atoms with Gasteiger partial charge in [0.05, 0.1) is 12.3 Å². The molecule has 2 N–H and O–H groups in total. The fourth-order valence-electron chi connectivity index (χ4n) is 1.07. The third-order valence-corrected chi connectivity index (χ3v) is 1.80. The summed E-state index contributed by atoms with van der Waals surface area (Å²) in [5.74, 6) is -0.553. The number of nitriles is 1. The lowest BCUT2D eigenvalue weighted by Crippen LogP contribution is -2.20. The van der Waals surface area contributed by atoms with Gasteiger partial charge < -0.3 is 10.4 Å². The zero-order valence-electron chi connectivity index (χ0n) is 7.79. The SMILES string of the molecule is CC(CO)Nc1cccc(F)c1C#N. The monoisotopic (exact) mass is 194 g/mol. The number of anilines is 1. The van der Waals surface area contributed by atoms with E-state index >= 15 is 0 Å². The number of nitrogens with zero attached hydrogens (tertiary/aromatic N) is 1. The van der Waals surface area contributed by atoms with Gasteiger partial charge in [-0.3, -0.25) is 0 Å². The zero-order valence-corrected chi connectivity index (χ0v) is 7.79. The molecule has 0 aliphatic carbocycles. The van der Waals surface area contributed by atoms with Crippen molar-refractivity contribution >= 4 is 5.69 Å². The van der Waals surface area contributed by atoms with E-state index in [1.165, 1.54) is 12.1 Å². The predicted octanol–water partition coefficient (Wildman–Crippen LogP) is 1.49. The summed E-state index contributed by atoms with van der Waals surface area (Å²) in [6.45, 7) is 1.67. The summed E-state index contributed by atoms with van der Waals surface area (Å²) in [5.41, 5.74) is 0.391. The molecule has 1 aromatic carbocycles. The first kappa shape index (κ1) is 10.5. The summed E-state index contributed by atoms with van der Waals surface area (Å²) in [6.07, 6.45) is 0. The molecule has 1 atom stereocenters. The molecule has 0 aromatic heterocycles. The quantitative estimate of drug-likeness (QED) is 0.766. The van der Waals surface area contributed by atoms with Crippen LogP contribution in [0, 0.1) is 17.1 Å². The molecular formula is C10H11FN2O. The molecule has 0 aliphatic rings. The second-order valence-corrected chi connectivity index (χ2v) is 3.00. The maximum atomic E-state index is 13.1. The van der Waals surface area contributed by atoms with Gasteiger partial charge >= 0.3 is 0 Å². The lowest BCUT2D eigenvalue weighted by atomic mass is 10.1. The normalized spacial score (nSPS) is 11.9. The molecule has 0 saturated heterocycles. The van der Waals surface area contributed by atoms with Crippen molar-refractivity contribution in [2.24, 2.45) is 0 Å². The minimum Gasteiger partial charge on any atom is -0.394 e. The molecule has 3 nitrogen and oxygen atoms in total. The van der Waals surface area contributed by atoms with Crippen molar-refractivity contribution < 1.29 is 9.50 Å². The number of rotatable bonds is 3. The molecule has 4 heteroatoms. The summed E-state index contributed by atoms with van der Waals surface area (Å²) >= 11 is 0. The number of nitrogens with one attached hydrogen (secondary N) is 1. The van der Waals surface area contributed by atoms with E-state index in [4.69, 9.17) is 10.4 Å². The van der Waals surface area contributed by atoms with Crippen LogP contribution in [0.4, 0.5) is 10.1 Å². The number of aliphatic hydroxyl groups excluding tert-OH is 1. The molecule has 0 radical (unpaired) electrons. The van der Waals surface area contributed by atoms with Crippen LogP contribution in [0.1, 0.15) is 12.5 Å². The van der Waals surface area contributed by atoms with E-state index in [-0.39, 0.29) is 18.2 Å². The highest BCUT2D eigenvalue weighted by atomic mass is 19.1. The second-order valence-electron chi connectivity index (χ2n) is 3.00. The largest absolute Gasteiger partial charge is 0.394 e. The summed E-state index contributed by atoms with van der Waals surface area (Å²) in [5, 5.41) is 20.3. The second kappa shape index (κ2) is 4.58. The van der Waals surface area contributed by atoms with Crippen molar-refractivity contribution in [1.82, 2.24) is 0 Å². The van der Waals surface area contributed by atoms with Crippen LogP contribution in [0.3, 0.4) is 0 Å². The average molecular weight is 194 g/mol. The first-order chi connectivity index (χ1) is 6.69. The van der Waals surface area contributed by atoms with E-state index in [1.807, 2.05) is 0 Å². The Morgan fingerprint density at radius 2 is 2.36 bits per heavy atom. The van der Waals surface area contributed by atoms with Crippen molar-refractivity contribution in [2.75, 3.05) is 11.9 Å². The van der Waals surface area contributed by atoms with E-state index in [9.17, 15) is 4.39 Å². The Hall–Kier alpha value is -1.60. The number of hydrogen-bond acceptors (Lipinski definition) is 3. The van der Waals surface area contributed by atoms with Gasteiger partial charge in [-0.2, -0.15) is 5.26 Å². The van der Waals surface area contributed by atoms with Gasteiger partial charge in [0.25, 0.3) is 0 Å². The lowest BCUT2D eigenvalue weighted by molar-refractivity contribution is 0.281. The van der Waals surface area contributed by atoms with Crippen LogP contribution in [0.5, 0.6) is 0 Å². The topological polar surface area (TPSA) is 56.0 Å². The van der Waals surface area contributed by atoms with Crippen molar-refractivity contribution in [3.8, 4) is 6.07 Å². The van der Waals surface area contributed by atoms with Crippen molar-refractivity contribution in [2.45, 2.75) is 13.0 Å². The highest BCUT2D eigenvalue weighted by Gasteiger charge is 2.08. The van der Waals surface area contributed by atoms with Crippen LogP contribution >= 0.6 is 0 Å². The van der Waals surface area contributed by atoms with Gasteiger partial charge in [0.2, 0.25) is 0 Å². The minimum atomic E-state index is -0.553. The number of aliphatic hydroxyl groups is 1. The lowest BCUT2D eigenvalue weighted by Gasteiger charge is -2.13. The Morgan fingerprint density at radius 1 is 1.64 bits per heavy atom. The van der Waals surface area contributed by atoms with Gasteiger partial charge in [0.1, 0.15) is 17.4 Å². The fourth-order valence-corrected chi connectivity index (χ4v) is 1.07. The van der Waals surface area contributed by atoms with Gasteiger partial charge in [-0.15, -0.1) is 0 Å². The molecule has 0 heterocycles. The summed E-state index contributed by atoms with van der Waals surface area (Å²) in [6, 6.07) is 5.92. The van der Waals surface area contributed by atoms with Crippen LogP contribution < -0.4 is 5.32 Å². The van der Waals surface area contributed by atoms with Crippen LogP contribution in [-0.4, -0.2) is 17.8 Å². The van der Waals surface area contributed by atoms with E-state index in [2.05, 4.69) is 5.32 Å². The maximum Gasteiger partial charge on any atom is 0.143 e. The summed E-state index contributed by atoms with van der Waals surface area (Å²) < 4.78 is 13.1. The molecule has 14 heavy (non-hydrogen) atoms. The molecule has 74 valence electrons. The van der Waals surface area contributed by atoms with Gasteiger partial charge in [-0.05, 0) is 19.1 Å². The third-order valence-electron chi connectivity index (χ3n) is 1.80. The Kier molecular flexibility index (Phi) is 3.43. The molecule has 1 aromatic rings. The summed E-state index contributed by atoms with van der Waals surface area (Å²) in [4.78, 5) is 0. The van der Waals surface area contributed by atoms with Crippen molar-refractivity contribution in [1.29, 1.82) is 5.26 Å².